The number of furan rings is 1. The molecule has 214 valence electrons. The minimum Gasteiger partial charge on any atom is -0.496 e. The number of benzene rings is 4. The zero-order chi connectivity index (χ0) is 29.9. The summed E-state index contributed by atoms with van der Waals surface area (Å²) in [5.41, 5.74) is 3.10. The van der Waals surface area contributed by atoms with Gasteiger partial charge in [-0.25, -0.2) is 4.98 Å². The van der Waals surface area contributed by atoms with Crippen molar-refractivity contribution in [1.29, 1.82) is 0 Å². The Bertz CT molecular complexity index is 2070. The average molecular weight is 593 g/mol. The minimum atomic E-state index is -0.366. The Morgan fingerprint density at radius 1 is 1.00 bits per heavy atom. The fourth-order valence-corrected chi connectivity index (χ4v) is 4.77. The molecule has 0 spiro atoms. The lowest BCUT2D eigenvalue weighted by molar-refractivity contribution is -0.118. The third-order valence-corrected chi connectivity index (χ3v) is 6.98. The Hall–Kier alpha value is -5.41. The third-order valence-electron chi connectivity index (χ3n) is 6.69. The third kappa shape index (κ3) is 5.84. The van der Waals surface area contributed by atoms with Crippen LogP contribution in [0, 0.1) is 6.92 Å². The SMILES string of the molecule is COc1cccc2oc(-c3nc4ccccc4c(=O)n3N=Cc3ccc(OCC(=O)Nc4ccc(C)cc4)c(Cl)c3)cc12. The lowest BCUT2D eigenvalue weighted by Crippen LogP contribution is -2.20. The fourth-order valence-electron chi connectivity index (χ4n) is 4.53. The molecule has 6 aromatic rings. The van der Waals surface area contributed by atoms with E-state index < -0.39 is 0 Å². The van der Waals surface area contributed by atoms with Crippen molar-refractivity contribution < 1.29 is 18.7 Å². The first-order chi connectivity index (χ1) is 20.9. The van der Waals surface area contributed by atoms with Gasteiger partial charge in [0.25, 0.3) is 11.5 Å². The number of carbonyl (C=O) groups is 1. The largest absolute Gasteiger partial charge is 0.496 e. The van der Waals surface area contributed by atoms with Crippen molar-refractivity contribution in [2.75, 3.05) is 19.0 Å². The van der Waals surface area contributed by atoms with Crippen LogP contribution in [0.25, 0.3) is 33.5 Å². The number of hydrogen-bond acceptors (Lipinski definition) is 7. The first kappa shape index (κ1) is 27.7. The summed E-state index contributed by atoms with van der Waals surface area (Å²) < 4.78 is 18.4. The van der Waals surface area contributed by atoms with Crippen molar-refractivity contribution in [2.45, 2.75) is 6.92 Å². The number of nitrogens with zero attached hydrogens (tertiary/aromatic N) is 3. The van der Waals surface area contributed by atoms with E-state index in [-0.39, 0.29) is 28.9 Å². The van der Waals surface area contributed by atoms with Gasteiger partial charge in [0.05, 0.1) is 34.6 Å². The molecule has 43 heavy (non-hydrogen) atoms. The van der Waals surface area contributed by atoms with Gasteiger partial charge in [-0.3, -0.25) is 9.59 Å². The van der Waals surface area contributed by atoms with Crippen molar-refractivity contribution in [3.05, 3.63) is 117 Å². The molecule has 6 rings (SSSR count). The Morgan fingerprint density at radius 3 is 2.60 bits per heavy atom. The predicted molar refractivity (Wildman–Crippen MR) is 168 cm³/mol. The van der Waals surface area contributed by atoms with E-state index in [4.69, 9.17) is 30.5 Å². The van der Waals surface area contributed by atoms with Crippen LogP contribution in [0.15, 0.2) is 105 Å². The molecule has 0 radical (unpaired) electrons. The number of fused-ring (bicyclic) bond motifs is 2. The molecule has 0 bridgehead atoms. The summed E-state index contributed by atoms with van der Waals surface area (Å²) in [5.74, 6) is 1.23. The molecule has 0 aliphatic carbocycles. The molecule has 0 saturated carbocycles. The summed E-state index contributed by atoms with van der Waals surface area (Å²) in [6, 6.07) is 26.7. The summed E-state index contributed by atoms with van der Waals surface area (Å²) in [5, 5.41) is 8.68. The second-order valence-corrected chi connectivity index (χ2v) is 10.1. The number of halogens is 1. The maximum absolute atomic E-state index is 13.6. The number of rotatable bonds is 8. The van der Waals surface area contributed by atoms with Crippen LogP contribution in [0.4, 0.5) is 5.69 Å². The molecule has 0 unspecified atom stereocenters. The van der Waals surface area contributed by atoms with Crippen LogP contribution in [-0.2, 0) is 4.79 Å². The van der Waals surface area contributed by atoms with E-state index in [1.54, 1.807) is 49.6 Å². The van der Waals surface area contributed by atoms with Crippen LogP contribution in [0.5, 0.6) is 11.5 Å². The van der Waals surface area contributed by atoms with Crippen molar-refractivity contribution in [2.24, 2.45) is 5.10 Å². The summed E-state index contributed by atoms with van der Waals surface area (Å²) in [4.78, 5) is 30.6. The molecule has 9 nitrogen and oxygen atoms in total. The van der Waals surface area contributed by atoms with Crippen molar-refractivity contribution in [1.82, 2.24) is 9.66 Å². The maximum Gasteiger partial charge on any atom is 0.282 e. The highest BCUT2D eigenvalue weighted by molar-refractivity contribution is 6.32. The van der Waals surface area contributed by atoms with E-state index in [2.05, 4.69) is 10.4 Å². The highest BCUT2D eigenvalue weighted by Crippen LogP contribution is 2.33. The molecule has 1 N–H and O–H groups in total. The first-order valence-electron chi connectivity index (χ1n) is 13.3. The number of methoxy groups -OCH3 is 1. The Morgan fingerprint density at radius 2 is 1.81 bits per heavy atom. The number of para-hydroxylation sites is 1. The van der Waals surface area contributed by atoms with Crippen LogP contribution in [0.3, 0.4) is 0 Å². The molecule has 0 saturated heterocycles. The van der Waals surface area contributed by atoms with Gasteiger partial charge in [-0.2, -0.15) is 9.78 Å². The zero-order valence-corrected chi connectivity index (χ0v) is 24.0. The Labute approximate surface area is 251 Å². The molecule has 0 atom stereocenters. The Kier molecular flexibility index (Phi) is 7.63. The minimum absolute atomic E-state index is 0.217. The van der Waals surface area contributed by atoms with Gasteiger partial charge in [-0.15, -0.1) is 0 Å². The number of nitrogens with one attached hydrogen (secondary N) is 1. The van der Waals surface area contributed by atoms with E-state index in [1.807, 2.05) is 55.5 Å². The number of aromatic nitrogens is 2. The van der Waals surface area contributed by atoms with E-state index in [0.29, 0.717) is 45.0 Å². The number of amides is 1. The number of ether oxygens (including phenoxy) is 2. The van der Waals surface area contributed by atoms with Crippen LogP contribution >= 0.6 is 11.6 Å². The second kappa shape index (κ2) is 11.8. The lowest BCUT2D eigenvalue weighted by Gasteiger charge is -2.10. The Balaban J connectivity index is 1.28. The van der Waals surface area contributed by atoms with Crippen LogP contribution in [0.2, 0.25) is 5.02 Å². The maximum atomic E-state index is 13.6. The van der Waals surface area contributed by atoms with Crippen molar-refractivity contribution in [3.63, 3.8) is 0 Å². The highest BCUT2D eigenvalue weighted by atomic mass is 35.5. The van der Waals surface area contributed by atoms with Crippen molar-refractivity contribution in [3.8, 4) is 23.1 Å². The monoisotopic (exact) mass is 592 g/mol. The van der Waals surface area contributed by atoms with E-state index >= 15 is 0 Å². The van der Waals surface area contributed by atoms with E-state index in [9.17, 15) is 9.59 Å². The fraction of sp³-hybridized carbons (Fsp3) is 0.0909. The van der Waals surface area contributed by atoms with Gasteiger partial charge in [0.2, 0.25) is 5.82 Å². The number of carbonyl (C=O) groups excluding carboxylic acids is 1. The average Bonchev–Trinajstić information content (AvgIpc) is 3.46. The molecule has 2 aromatic heterocycles. The standard InChI is InChI=1S/C33H25ClN4O5/c1-20-10-13-22(14-11-20)36-31(39)19-42-29-15-12-21(16-25(29)34)18-35-38-32(37-26-7-4-3-6-23(26)33(38)40)30-17-24-27(41-2)8-5-9-28(24)43-30/h3-18H,19H2,1-2H3,(H,36,39). The highest BCUT2D eigenvalue weighted by Gasteiger charge is 2.18. The molecule has 0 fully saturated rings. The molecule has 10 heteroatoms. The summed E-state index contributed by atoms with van der Waals surface area (Å²) in [6.07, 6.45) is 1.49. The van der Waals surface area contributed by atoms with E-state index in [1.165, 1.54) is 10.9 Å². The quantitative estimate of drug-likeness (QED) is 0.198. The number of hydrogen-bond donors (Lipinski definition) is 1. The van der Waals surface area contributed by atoms with Gasteiger partial charge >= 0.3 is 0 Å². The predicted octanol–water partition coefficient (Wildman–Crippen LogP) is 6.68. The topological polar surface area (TPSA) is 108 Å². The summed E-state index contributed by atoms with van der Waals surface area (Å²) >= 11 is 6.46. The second-order valence-electron chi connectivity index (χ2n) is 9.69. The van der Waals surface area contributed by atoms with Crippen LogP contribution < -0.4 is 20.3 Å². The van der Waals surface area contributed by atoms with E-state index in [0.717, 1.165) is 10.9 Å². The number of aryl methyl sites for hydroxylation is 1. The lowest BCUT2D eigenvalue weighted by atomic mass is 10.2. The molecule has 1 amide bonds. The molecular weight excluding hydrogens is 568 g/mol. The van der Waals surface area contributed by atoms with Gasteiger partial charge in [0.15, 0.2) is 12.4 Å². The smallest absolute Gasteiger partial charge is 0.282 e. The van der Waals surface area contributed by atoms with Gasteiger partial charge in [-0.05, 0) is 73.2 Å². The first-order valence-corrected chi connectivity index (χ1v) is 13.7. The van der Waals surface area contributed by atoms with Gasteiger partial charge in [0, 0.05) is 5.69 Å². The van der Waals surface area contributed by atoms with Gasteiger partial charge in [0.1, 0.15) is 17.1 Å². The van der Waals surface area contributed by atoms with Crippen molar-refractivity contribution >= 4 is 51.3 Å². The molecule has 0 aliphatic heterocycles. The van der Waals surface area contributed by atoms with Crippen LogP contribution in [0.1, 0.15) is 11.1 Å². The molecule has 2 heterocycles. The summed E-state index contributed by atoms with van der Waals surface area (Å²) in [6.45, 7) is 1.75. The normalized spacial score (nSPS) is 11.3. The molecular formula is C33H25ClN4O5. The zero-order valence-electron chi connectivity index (χ0n) is 23.2. The molecule has 4 aromatic carbocycles. The molecule has 0 aliphatic rings. The number of anilines is 1. The van der Waals surface area contributed by atoms with Gasteiger partial charge in [-0.1, -0.05) is 47.5 Å². The van der Waals surface area contributed by atoms with Gasteiger partial charge < -0.3 is 19.2 Å². The van der Waals surface area contributed by atoms with Crippen LogP contribution in [-0.4, -0.2) is 35.5 Å². The summed E-state index contributed by atoms with van der Waals surface area (Å²) in [7, 11) is 1.58.